The number of carbonyl (C=O) groups excluding carboxylic acids is 2. The highest BCUT2D eigenvalue weighted by molar-refractivity contribution is 8.18. The summed E-state index contributed by atoms with van der Waals surface area (Å²) in [6, 6.07) is 13.1. The second kappa shape index (κ2) is 8.71. The highest BCUT2D eigenvalue weighted by atomic mass is 32.2. The molecular weight excluding hydrogens is 381 g/mol. The summed E-state index contributed by atoms with van der Waals surface area (Å²) in [5.74, 6) is -0.677. The van der Waals surface area contributed by atoms with Crippen molar-refractivity contribution in [3.8, 4) is 5.75 Å². The standard InChI is InChI=1S/C20H18FN3O3S/c1-2-24-19(26)17(28-20(24)23-16-6-4-3-5-15(16)21)11-13-7-9-14(10-8-13)27-12-18(22)25/h3-11H,2,12H2,1H3,(H2,22,25)/b17-11+,23-20?. The highest BCUT2D eigenvalue weighted by Gasteiger charge is 2.32. The van der Waals surface area contributed by atoms with Crippen LogP contribution in [0.3, 0.4) is 0 Å². The molecule has 0 saturated carbocycles. The maximum absolute atomic E-state index is 13.9. The van der Waals surface area contributed by atoms with Crippen LogP contribution in [0.5, 0.6) is 5.75 Å². The van der Waals surface area contributed by atoms with E-state index in [0.717, 1.165) is 5.56 Å². The molecule has 2 amide bonds. The molecule has 1 fully saturated rings. The summed E-state index contributed by atoms with van der Waals surface area (Å²) in [4.78, 5) is 29.7. The molecule has 0 aromatic heterocycles. The molecule has 144 valence electrons. The van der Waals surface area contributed by atoms with Crippen LogP contribution in [0, 0.1) is 5.82 Å². The molecule has 0 spiro atoms. The number of aliphatic imine (C=N–C) groups is 1. The lowest BCUT2D eigenvalue weighted by molar-refractivity contribution is -0.122. The van der Waals surface area contributed by atoms with Crippen molar-refractivity contribution in [3.05, 3.63) is 64.8 Å². The third-order valence-electron chi connectivity index (χ3n) is 3.83. The van der Waals surface area contributed by atoms with Gasteiger partial charge in [0.25, 0.3) is 11.8 Å². The van der Waals surface area contributed by atoms with E-state index in [-0.39, 0.29) is 18.2 Å². The molecule has 8 heteroatoms. The summed E-state index contributed by atoms with van der Waals surface area (Å²) in [6.07, 6.45) is 1.73. The number of hydrogen-bond donors (Lipinski definition) is 1. The van der Waals surface area contributed by atoms with Crippen LogP contribution in [-0.4, -0.2) is 35.0 Å². The quantitative estimate of drug-likeness (QED) is 0.755. The van der Waals surface area contributed by atoms with E-state index in [0.29, 0.717) is 22.4 Å². The molecule has 1 saturated heterocycles. The van der Waals surface area contributed by atoms with Crippen LogP contribution in [0.1, 0.15) is 12.5 Å². The largest absolute Gasteiger partial charge is 0.484 e. The molecule has 0 unspecified atom stereocenters. The first-order chi connectivity index (χ1) is 13.5. The van der Waals surface area contributed by atoms with Crippen molar-refractivity contribution < 1.29 is 18.7 Å². The number of carbonyl (C=O) groups is 2. The SMILES string of the molecule is CCN1C(=O)/C(=C\c2ccc(OCC(N)=O)cc2)SC1=Nc1ccccc1F. The van der Waals surface area contributed by atoms with Gasteiger partial charge in [0.1, 0.15) is 17.3 Å². The number of primary amides is 1. The van der Waals surface area contributed by atoms with Crippen LogP contribution >= 0.6 is 11.8 Å². The van der Waals surface area contributed by atoms with E-state index in [1.807, 2.05) is 6.92 Å². The third-order valence-corrected chi connectivity index (χ3v) is 4.84. The molecular formula is C20H18FN3O3S. The molecule has 1 aliphatic rings. The molecule has 6 nitrogen and oxygen atoms in total. The van der Waals surface area contributed by atoms with Crippen molar-refractivity contribution in [2.45, 2.75) is 6.92 Å². The average Bonchev–Trinajstić information content (AvgIpc) is 2.97. The van der Waals surface area contributed by atoms with Gasteiger partial charge in [0.05, 0.1) is 4.91 Å². The van der Waals surface area contributed by atoms with Gasteiger partial charge in [0.15, 0.2) is 11.8 Å². The summed E-state index contributed by atoms with van der Waals surface area (Å²) in [5, 5.41) is 0.435. The van der Waals surface area contributed by atoms with Crippen molar-refractivity contribution in [2.75, 3.05) is 13.2 Å². The van der Waals surface area contributed by atoms with Gasteiger partial charge in [-0.2, -0.15) is 0 Å². The monoisotopic (exact) mass is 399 g/mol. The Morgan fingerprint density at radius 3 is 2.61 bits per heavy atom. The van der Waals surface area contributed by atoms with E-state index in [4.69, 9.17) is 10.5 Å². The van der Waals surface area contributed by atoms with Gasteiger partial charge in [-0.1, -0.05) is 24.3 Å². The zero-order chi connectivity index (χ0) is 20.1. The summed E-state index contributed by atoms with van der Waals surface area (Å²) in [6.45, 7) is 2.07. The number of amides is 2. The molecule has 28 heavy (non-hydrogen) atoms. The van der Waals surface area contributed by atoms with Crippen LogP contribution in [-0.2, 0) is 9.59 Å². The number of halogens is 1. The van der Waals surface area contributed by atoms with Crippen LogP contribution in [0.15, 0.2) is 58.4 Å². The molecule has 2 aromatic rings. The Balaban J connectivity index is 1.82. The number of nitrogens with two attached hydrogens (primary N) is 1. The summed E-state index contributed by atoms with van der Waals surface area (Å²) < 4.78 is 19.1. The second-order valence-corrected chi connectivity index (χ2v) is 6.84. The number of para-hydroxylation sites is 1. The van der Waals surface area contributed by atoms with Crippen molar-refractivity contribution in [1.29, 1.82) is 0 Å². The van der Waals surface area contributed by atoms with Crippen molar-refractivity contribution in [2.24, 2.45) is 10.7 Å². The summed E-state index contributed by atoms with van der Waals surface area (Å²) in [7, 11) is 0. The summed E-state index contributed by atoms with van der Waals surface area (Å²) >= 11 is 1.20. The highest BCUT2D eigenvalue weighted by Crippen LogP contribution is 2.34. The van der Waals surface area contributed by atoms with Crippen LogP contribution in [0.2, 0.25) is 0 Å². The number of nitrogens with zero attached hydrogens (tertiary/aromatic N) is 2. The predicted octanol–water partition coefficient (Wildman–Crippen LogP) is 3.31. The number of rotatable bonds is 6. The summed E-state index contributed by atoms with van der Waals surface area (Å²) in [5.41, 5.74) is 6.02. The minimum Gasteiger partial charge on any atom is -0.484 e. The maximum Gasteiger partial charge on any atom is 0.266 e. The van der Waals surface area contributed by atoms with Crippen LogP contribution in [0.25, 0.3) is 6.08 Å². The fourth-order valence-corrected chi connectivity index (χ4v) is 3.54. The number of amidine groups is 1. The van der Waals surface area contributed by atoms with Gasteiger partial charge in [-0.15, -0.1) is 0 Å². The minimum absolute atomic E-state index is 0.184. The van der Waals surface area contributed by atoms with Crippen molar-refractivity contribution in [3.63, 3.8) is 0 Å². The van der Waals surface area contributed by atoms with Gasteiger partial charge in [0, 0.05) is 6.54 Å². The van der Waals surface area contributed by atoms with E-state index in [2.05, 4.69) is 4.99 Å². The van der Waals surface area contributed by atoms with Crippen molar-refractivity contribution >= 4 is 40.5 Å². The zero-order valence-electron chi connectivity index (χ0n) is 15.1. The van der Waals surface area contributed by atoms with Gasteiger partial charge < -0.3 is 10.5 Å². The lowest BCUT2D eigenvalue weighted by Gasteiger charge is -2.12. The van der Waals surface area contributed by atoms with Gasteiger partial charge in [0.2, 0.25) is 0 Å². The Hall–Kier alpha value is -3.13. The first kappa shape index (κ1) is 19.6. The van der Waals surface area contributed by atoms with Gasteiger partial charge in [-0.05, 0) is 54.6 Å². The molecule has 2 N–H and O–H groups in total. The molecule has 2 aromatic carbocycles. The maximum atomic E-state index is 13.9. The Labute approximate surface area is 165 Å². The molecule has 1 heterocycles. The molecule has 3 rings (SSSR count). The smallest absolute Gasteiger partial charge is 0.266 e. The number of likely N-dealkylation sites (N-methyl/N-ethyl adjacent to an activating group) is 1. The number of benzene rings is 2. The lowest BCUT2D eigenvalue weighted by atomic mass is 10.2. The second-order valence-electron chi connectivity index (χ2n) is 5.83. The van der Waals surface area contributed by atoms with Crippen molar-refractivity contribution in [1.82, 2.24) is 4.90 Å². The van der Waals surface area contributed by atoms with E-state index in [1.54, 1.807) is 48.5 Å². The van der Waals surface area contributed by atoms with Crippen LogP contribution in [0.4, 0.5) is 10.1 Å². The Morgan fingerprint density at radius 1 is 1.25 bits per heavy atom. The predicted molar refractivity (Wildman–Crippen MR) is 108 cm³/mol. The number of ether oxygens (including phenoxy) is 1. The average molecular weight is 399 g/mol. The topological polar surface area (TPSA) is 85.0 Å². The molecule has 0 atom stereocenters. The van der Waals surface area contributed by atoms with E-state index in [1.165, 1.54) is 22.7 Å². The lowest BCUT2D eigenvalue weighted by Crippen LogP contribution is -2.28. The molecule has 0 bridgehead atoms. The van der Waals surface area contributed by atoms with E-state index < -0.39 is 11.7 Å². The third kappa shape index (κ3) is 4.58. The Morgan fingerprint density at radius 2 is 1.96 bits per heavy atom. The first-order valence-corrected chi connectivity index (χ1v) is 9.35. The van der Waals surface area contributed by atoms with Gasteiger partial charge in [-0.3, -0.25) is 14.5 Å². The fraction of sp³-hybridized carbons (Fsp3) is 0.150. The number of hydrogen-bond acceptors (Lipinski definition) is 5. The number of thioether (sulfide) groups is 1. The normalized spacial score (nSPS) is 16.8. The first-order valence-electron chi connectivity index (χ1n) is 8.53. The fourth-order valence-electron chi connectivity index (χ4n) is 2.48. The molecule has 0 radical (unpaired) electrons. The van der Waals surface area contributed by atoms with Crippen LogP contribution < -0.4 is 10.5 Å². The zero-order valence-corrected chi connectivity index (χ0v) is 15.9. The Kier molecular flexibility index (Phi) is 6.10. The van der Waals surface area contributed by atoms with Gasteiger partial charge >= 0.3 is 0 Å². The molecule has 1 aliphatic heterocycles. The van der Waals surface area contributed by atoms with E-state index >= 15 is 0 Å². The Bertz CT molecular complexity index is 957. The molecule has 0 aliphatic carbocycles. The van der Waals surface area contributed by atoms with Gasteiger partial charge in [-0.25, -0.2) is 9.38 Å². The van der Waals surface area contributed by atoms with E-state index in [9.17, 15) is 14.0 Å². The minimum atomic E-state index is -0.555.